The van der Waals surface area contributed by atoms with Crippen LogP contribution in [0.15, 0.2) is 61.2 Å². The number of hydrogen-bond donors (Lipinski definition) is 1. The standard InChI is InChI=1S/C29H29N7O2/c1-18-10-19(4-7-27(18)38-21-5-6-25-24(11-21)32-17-35(25)3)33-29-22-12-26-28(13-23(22)30-16-31-29)37-15-20-14-34(2)8-9-36(20)26/h4-7,10-13,16-17,20H,8-9,14-15H2,1-3H3,(H,30,31,33)/t20-/m0/s1. The molecule has 2 aromatic heterocycles. The first-order valence-electron chi connectivity index (χ1n) is 12.9. The normalized spacial score (nSPS) is 17.2. The van der Waals surface area contributed by atoms with Gasteiger partial charge >= 0.3 is 0 Å². The van der Waals surface area contributed by atoms with Crippen LogP contribution >= 0.6 is 0 Å². The average Bonchev–Trinajstić information content (AvgIpc) is 3.29. The predicted octanol–water partition coefficient (Wildman–Crippen LogP) is 4.87. The lowest BCUT2D eigenvalue weighted by molar-refractivity contribution is 0.188. The van der Waals surface area contributed by atoms with E-state index in [1.807, 2.05) is 61.3 Å². The maximum Gasteiger partial charge on any atom is 0.144 e. The largest absolute Gasteiger partial charge is 0.489 e. The zero-order valence-corrected chi connectivity index (χ0v) is 21.7. The van der Waals surface area contributed by atoms with Crippen LogP contribution in [0.2, 0.25) is 0 Å². The van der Waals surface area contributed by atoms with E-state index in [1.54, 1.807) is 6.33 Å². The fourth-order valence-corrected chi connectivity index (χ4v) is 5.45. The van der Waals surface area contributed by atoms with Crippen molar-refractivity contribution in [1.82, 2.24) is 24.4 Å². The number of aryl methyl sites for hydroxylation is 2. The smallest absolute Gasteiger partial charge is 0.144 e. The number of nitrogens with zero attached hydrogens (tertiary/aromatic N) is 6. The number of imidazole rings is 1. The highest BCUT2D eigenvalue weighted by Gasteiger charge is 2.32. The van der Waals surface area contributed by atoms with Crippen LogP contribution in [0.25, 0.3) is 21.9 Å². The SMILES string of the molecule is Cc1cc(Nc2ncnc3cc4c(cc23)N2CCN(C)C[C@H]2CO4)ccc1Oc1ccc2c(c1)ncn2C. The van der Waals surface area contributed by atoms with Crippen molar-refractivity contribution >= 4 is 39.1 Å². The third kappa shape index (κ3) is 3.95. The van der Waals surface area contributed by atoms with Gasteiger partial charge < -0.3 is 29.2 Å². The highest BCUT2D eigenvalue weighted by atomic mass is 16.5. The Labute approximate surface area is 220 Å². The molecule has 3 aromatic carbocycles. The van der Waals surface area contributed by atoms with Crippen LogP contribution < -0.4 is 19.7 Å². The molecule has 0 amide bonds. The molecule has 1 fully saturated rings. The minimum absolute atomic E-state index is 0.355. The molecule has 1 saturated heterocycles. The summed E-state index contributed by atoms with van der Waals surface area (Å²) in [6, 6.07) is 16.6. The quantitative estimate of drug-likeness (QED) is 0.369. The zero-order valence-electron chi connectivity index (χ0n) is 21.7. The van der Waals surface area contributed by atoms with Crippen LogP contribution in [0.5, 0.6) is 17.2 Å². The van der Waals surface area contributed by atoms with Crippen molar-refractivity contribution in [3.63, 3.8) is 0 Å². The Morgan fingerprint density at radius 1 is 0.974 bits per heavy atom. The van der Waals surface area contributed by atoms with Crippen molar-refractivity contribution in [2.24, 2.45) is 7.05 Å². The molecule has 1 N–H and O–H groups in total. The molecular weight excluding hydrogens is 478 g/mol. The summed E-state index contributed by atoms with van der Waals surface area (Å²) in [7, 11) is 4.15. The Balaban J connectivity index is 1.16. The highest BCUT2D eigenvalue weighted by Crippen LogP contribution is 2.40. The molecule has 7 rings (SSSR count). The first-order valence-corrected chi connectivity index (χ1v) is 12.9. The minimum atomic E-state index is 0.355. The number of fused-ring (bicyclic) bond motifs is 5. The fraction of sp³-hybridized carbons (Fsp3) is 0.276. The number of ether oxygens (including phenoxy) is 2. The third-order valence-electron chi connectivity index (χ3n) is 7.50. The number of hydrogen-bond acceptors (Lipinski definition) is 8. The van der Waals surface area contributed by atoms with Crippen LogP contribution in [-0.4, -0.2) is 63.7 Å². The Morgan fingerprint density at radius 2 is 1.89 bits per heavy atom. The molecule has 192 valence electrons. The van der Waals surface area contributed by atoms with Crippen molar-refractivity contribution in [3.05, 3.63) is 66.7 Å². The predicted molar refractivity (Wildman–Crippen MR) is 149 cm³/mol. The summed E-state index contributed by atoms with van der Waals surface area (Å²) >= 11 is 0. The van der Waals surface area contributed by atoms with Crippen LogP contribution in [-0.2, 0) is 7.05 Å². The van der Waals surface area contributed by atoms with Gasteiger partial charge in [-0.3, -0.25) is 0 Å². The summed E-state index contributed by atoms with van der Waals surface area (Å²) in [5, 5.41) is 4.47. The van der Waals surface area contributed by atoms with Gasteiger partial charge in [-0.2, -0.15) is 0 Å². The van der Waals surface area contributed by atoms with Gasteiger partial charge in [0.25, 0.3) is 0 Å². The number of nitrogens with one attached hydrogen (secondary N) is 1. The van der Waals surface area contributed by atoms with Crippen LogP contribution in [0.1, 0.15) is 5.56 Å². The molecular formula is C29H29N7O2. The molecule has 0 spiro atoms. The van der Waals surface area contributed by atoms with Crippen LogP contribution in [0.4, 0.5) is 17.2 Å². The molecule has 0 radical (unpaired) electrons. The Hall–Kier alpha value is -4.37. The van der Waals surface area contributed by atoms with Crippen molar-refractivity contribution in [1.29, 1.82) is 0 Å². The number of likely N-dealkylation sites (N-methyl/N-ethyl adjacent to an activating group) is 1. The third-order valence-corrected chi connectivity index (χ3v) is 7.50. The molecule has 1 atom stereocenters. The van der Waals surface area contributed by atoms with Gasteiger partial charge in [-0.25, -0.2) is 15.0 Å². The van der Waals surface area contributed by atoms with E-state index in [4.69, 9.17) is 9.47 Å². The van der Waals surface area contributed by atoms with E-state index in [0.717, 1.165) is 81.6 Å². The van der Waals surface area contributed by atoms with Crippen molar-refractivity contribution in [2.45, 2.75) is 13.0 Å². The molecule has 9 heteroatoms. The van der Waals surface area contributed by atoms with E-state index in [2.05, 4.69) is 49.2 Å². The van der Waals surface area contributed by atoms with E-state index >= 15 is 0 Å². The summed E-state index contributed by atoms with van der Waals surface area (Å²) < 4.78 is 14.3. The second-order valence-electron chi connectivity index (χ2n) is 10.2. The van der Waals surface area contributed by atoms with Crippen LogP contribution in [0.3, 0.4) is 0 Å². The van der Waals surface area contributed by atoms with Gasteiger partial charge in [-0.15, -0.1) is 0 Å². The van der Waals surface area contributed by atoms with Gasteiger partial charge in [0.2, 0.25) is 0 Å². The van der Waals surface area contributed by atoms with Gasteiger partial charge in [0.05, 0.1) is 34.6 Å². The van der Waals surface area contributed by atoms with Crippen molar-refractivity contribution in [3.8, 4) is 17.2 Å². The van der Waals surface area contributed by atoms with Gasteiger partial charge in [0.1, 0.15) is 36.0 Å². The fourth-order valence-electron chi connectivity index (χ4n) is 5.45. The lowest BCUT2D eigenvalue weighted by Gasteiger charge is -2.44. The number of piperazine rings is 1. The van der Waals surface area contributed by atoms with Crippen molar-refractivity contribution < 1.29 is 9.47 Å². The molecule has 0 aliphatic carbocycles. The number of aromatic nitrogens is 4. The molecule has 5 aromatic rings. The number of anilines is 3. The molecule has 9 nitrogen and oxygen atoms in total. The second-order valence-corrected chi connectivity index (χ2v) is 10.2. The summed E-state index contributed by atoms with van der Waals surface area (Å²) in [4.78, 5) is 18.4. The lowest BCUT2D eigenvalue weighted by atomic mass is 10.1. The van der Waals surface area contributed by atoms with Gasteiger partial charge in [-0.1, -0.05) is 0 Å². The zero-order chi connectivity index (χ0) is 25.8. The van der Waals surface area contributed by atoms with E-state index in [1.165, 1.54) is 0 Å². The van der Waals surface area contributed by atoms with Gasteiger partial charge in [0, 0.05) is 49.9 Å². The Morgan fingerprint density at radius 3 is 2.79 bits per heavy atom. The van der Waals surface area contributed by atoms with E-state index in [9.17, 15) is 0 Å². The molecule has 2 aliphatic heterocycles. The summed E-state index contributed by atoms with van der Waals surface area (Å²) in [6.07, 6.45) is 3.40. The minimum Gasteiger partial charge on any atom is -0.489 e. The first-order chi connectivity index (χ1) is 18.5. The monoisotopic (exact) mass is 507 g/mol. The van der Waals surface area contributed by atoms with Gasteiger partial charge in [0.15, 0.2) is 0 Å². The molecule has 0 saturated carbocycles. The van der Waals surface area contributed by atoms with E-state index in [0.29, 0.717) is 12.6 Å². The Bertz CT molecular complexity index is 1680. The second kappa shape index (κ2) is 8.88. The summed E-state index contributed by atoms with van der Waals surface area (Å²) in [5.41, 5.74) is 5.90. The number of rotatable bonds is 4. The first kappa shape index (κ1) is 22.8. The number of benzene rings is 3. The maximum absolute atomic E-state index is 6.20. The molecule has 2 aliphatic rings. The van der Waals surface area contributed by atoms with E-state index < -0.39 is 0 Å². The topological polar surface area (TPSA) is 80.6 Å². The summed E-state index contributed by atoms with van der Waals surface area (Å²) in [6.45, 7) is 5.75. The Kier molecular flexibility index (Phi) is 5.33. The maximum atomic E-state index is 6.20. The molecule has 0 unspecified atom stereocenters. The van der Waals surface area contributed by atoms with Crippen LogP contribution in [0, 0.1) is 6.92 Å². The lowest BCUT2D eigenvalue weighted by Crippen LogP contribution is -2.56. The molecule has 38 heavy (non-hydrogen) atoms. The molecule has 4 heterocycles. The van der Waals surface area contributed by atoms with E-state index in [-0.39, 0.29) is 0 Å². The highest BCUT2D eigenvalue weighted by molar-refractivity contribution is 5.95. The van der Waals surface area contributed by atoms with Gasteiger partial charge in [-0.05, 0) is 55.9 Å². The molecule has 0 bridgehead atoms. The van der Waals surface area contributed by atoms with Crippen molar-refractivity contribution in [2.75, 3.05) is 43.5 Å². The average molecular weight is 508 g/mol. The summed E-state index contributed by atoms with van der Waals surface area (Å²) in [5.74, 6) is 3.22.